The van der Waals surface area contributed by atoms with Gasteiger partial charge in [-0.05, 0) is 97.2 Å². The van der Waals surface area contributed by atoms with E-state index in [1.807, 2.05) is 6.92 Å². The second-order valence-corrected chi connectivity index (χ2v) is 14.5. The molecular formula is C30H48O5. The first kappa shape index (κ1) is 25.7. The Morgan fingerprint density at radius 3 is 2.31 bits per heavy atom. The molecule has 0 aromatic carbocycles. The molecule has 0 aliphatic heterocycles. The number of allylic oxidation sites excluding steroid dienone is 2. The summed E-state index contributed by atoms with van der Waals surface area (Å²) in [5, 5.41) is 42.9. The summed E-state index contributed by atoms with van der Waals surface area (Å²) >= 11 is 0. The quantitative estimate of drug-likeness (QED) is 0.409. The van der Waals surface area contributed by atoms with Crippen LogP contribution in [0, 0.1) is 56.7 Å². The smallest absolute Gasteiger partial charge is 0.310 e. The first-order valence-corrected chi connectivity index (χ1v) is 14.1. The molecule has 0 aromatic rings. The van der Waals surface area contributed by atoms with E-state index in [1.54, 1.807) is 0 Å². The van der Waals surface area contributed by atoms with Gasteiger partial charge in [-0.3, -0.25) is 4.79 Å². The lowest BCUT2D eigenvalue weighted by atomic mass is 9.33. The number of aliphatic carboxylic acids is 1. The average molecular weight is 489 g/mol. The Morgan fingerprint density at radius 1 is 1.00 bits per heavy atom. The van der Waals surface area contributed by atoms with Gasteiger partial charge in [-0.25, -0.2) is 0 Å². The van der Waals surface area contributed by atoms with E-state index in [0.717, 1.165) is 44.9 Å². The van der Waals surface area contributed by atoms with Crippen LogP contribution in [0.2, 0.25) is 0 Å². The van der Waals surface area contributed by atoms with E-state index >= 15 is 0 Å². The van der Waals surface area contributed by atoms with E-state index in [1.165, 1.54) is 5.57 Å². The first-order valence-electron chi connectivity index (χ1n) is 14.1. The van der Waals surface area contributed by atoms with E-state index in [-0.39, 0.29) is 34.7 Å². The summed E-state index contributed by atoms with van der Waals surface area (Å²) in [5.41, 5.74) is -0.214. The van der Waals surface area contributed by atoms with Crippen molar-refractivity contribution in [3.8, 4) is 0 Å². The molecular weight excluding hydrogens is 440 g/mol. The molecule has 0 saturated heterocycles. The zero-order chi connectivity index (χ0) is 25.8. The molecule has 0 spiro atoms. The van der Waals surface area contributed by atoms with Gasteiger partial charge in [0.2, 0.25) is 0 Å². The molecule has 5 aliphatic rings. The van der Waals surface area contributed by atoms with Gasteiger partial charge in [-0.15, -0.1) is 0 Å². The van der Waals surface area contributed by atoms with Gasteiger partial charge in [0.05, 0.1) is 24.2 Å². The minimum Gasteiger partial charge on any atom is -0.481 e. The molecule has 12 atom stereocenters. The van der Waals surface area contributed by atoms with Crippen LogP contribution in [0.5, 0.6) is 0 Å². The van der Waals surface area contributed by atoms with Crippen molar-refractivity contribution in [2.45, 2.75) is 105 Å². The summed E-state index contributed by atoms with van der Waals surface area (Å²) in [7, 11) is 0. The summed E-state index contributed by atoms with van der Waals surface area (Å²) in [5.74, 6) is 0.828. The van der Waals surface area contributed by atoms with Gasteiger partial charge in [0, 0.05) is 5.41 Å². The van der Waals surface area contributed by atoms with Crippen molar-refractivity contribution in [1.29, 1.82) is 0 Å². The van der Waals surface area contributed by atoms with E-state index in [9.17, 15) is 25.2 Å². The molecule has 5 nitrogen and oxygen atoms in total. The van der Waals surface area contributed by atoms with Gasteiger partial charge in [0.25, 0.3) is 0 Å². The minimum absolute atomic E-state index is 0.00815. The predicted octanol–water partition coefficient (Wildman–Crippen LogP) is 5.03. The average Bonchev–Trinajstić information content (AvgIpc) is 2.80. The first-order chi connectivity index (χ1) is 16.2. The summed E-state index contributed by atoms with van der Waals surface area (Å²) in [6.07, 6.45) is 7.51. The molecule has 5 rings (SSSR count). The van der Waals surface area contributed by atoms with Crippen LogP contribution in [0.1, 0.15) is 92.9 Å². The predicted molar refractivity (Wildman–Crippen MR) is 135 cm³/mol. The van der Waals surface area contributed by atoms with Gasteiger partial charge < -0.3 is 20.4 Å². The lowest BCUT2D eigenvalue weighted by Gasteiger charge is -2.71. The molecule has 198 valence electrons. The van der Waals surface area contributed by atoms with Crippen molar-refractivity contribution in [3.63, 3.8) is 0 Å². The van der Waals surface area contributed by atoms with Gasteiger partial charge in [0.15, 0.2) is 0 Å². The van der Waals surface area contributed by atoms with Crippen LogP contribution in [0.25, 0.3) is 0 Å². The molecule has 0 amide bonds. The van der Waals surface area contributed by atoms with Crippen LogP contribution in [0.15, 0.2) is 11.6 Å². The third-order valence-electron chi connectivity index (χ3n) is 13.5. The van der Waals surface area contributed by atoms with Crippen molar-refractivity contribution in [2.75, 3.05) is 6.61 Å². The monoisotopic (exact) mass is 488 g/mol. The maximum atomic E-state index is 12.8. The Balaban J connectivity index is 1.62. The van der Waals surface area contributed by atoms with E-state index in [4.69, 9.17) is 0 Å². The molecule has 5 aliphatic carbocycles. The van der Waals surface area contributed by atoms with Gasteiger partial charge >= 0.3 is 5.97 Å². The Bertz CT molecular complexity index is 930. The number of carbonyl (C=O) groups is 1. The van der Waals surface area contributed by atoms with Crippen molar-refractivity contribution in [1.82, 2.24) is 0 Å². The van der Waals surface area contributed by atoms with Gasteiger partial charge in [-0.1, -0.05) is 53.2 Å². The maximum absolute atomic E-state index is 12.8. The molecule has 35 heavy (non-hydrogen) atoms. The van der Waals surface area contributed by atoms with Gasteiger partial charge in [-0.2, -0.15) is 0 Å². The van der Waals surface area contributed by atoms with Crippen LogP contribution in [0.3, 0.4) is 0 Å². The molecule has 4 saturated carbocycles. The van der Waals surface area contributed by atoms with Crippen molar-refractivity contribution in [2.24, 2.45) is 56.7 Å². The van der Waals surface area contributed by atoms with Gasteiger partial charge in [0.1, 0.15) is 0 Å². The number of carboxylic acids is 1. The Morgan fingerprint density at radius 2 is 1.69 bits per heavy atom. The molecule has 5 heteroatoms. The van der Waals surface area contributed by atoms with E-state index in [0.29, 0.717) is 24.2 Å². The Kier molecular flexibility index (Phi) is 5.73. The van der Waals surface area contributed by atoms with Crippen LogP contribution in [0.4, 0.5) is 0 Å². The van der Waals surface area contributed by atoms with Crippen LogP contribution in [-0.2, 0) is 4.79 Å². The van der Waals surface area contributed by atoms with Crippen LogP contribution in [-0.4, -0.2) is 45.2 Å². The van der Waals surface area contributed by atoms with Crippen LogP contribution >= 0.6 is 0 Å². The normalized spacial score (nSPS) is 57.7. The molecule has 0 bridgehead atoms. The maximum Gasteiger partial charge on any atom is 0.310 e. The fourth-order valence-corrected chi connectivity index (χ4v) is 11.0. The highest BCUT2D eigenvalue weighted by atomic mass is 16.4. The molecule has 0 heterocycles. The number of aliphatic hydroxyl groups excluding tert-OH is 3. The number of hydrogen-bond acceptors (Lipinski definition) is 4. The fourth-order valence-electron chi connectivity index (χ4n) is 11.0. The van der Waals surface area contributed by atoms with E-state index < -0.39 is 29.0 Å². The Labute approximate surface area is 211 Å². The van der Waals surface area contributed by atoms with E-state index in [2.05, 4.69) is 40.7 Å². The molecule has 0 unspecified atom stereocenters. The largest absolute Gasteiger partial charge is 0.481 e. The Hall–Kier alpha value is -0.910. The number of aliphatic hydroxyl groups is 3. The topological polar surface area (TPSA) is 98.0 Å². The summed E-state index contributed by atoms with van der Waals surface area (Å²) < 4.78 is 0. The fraction of sp³-hybridized carbons (Fsp3) is 0.900. The zero-order valence-electron chi connectivity index (χ0n) is 22.7. The SMILES string of the molecule is C[C@H]1[C@H](C)CC[C@]2(C(=O)O)CC[C@]3(C)C(=CC[C@@H]4[C@@]5(C)C[C@@H](O)[C@@H](O)[C@@](C)(CO)[C@H]5CC[C@]43C)[C@H]12. The highest BCUT2D eigenvalue weighted by Crippen LogP contribution is 2.75. The molecule has 4 N–H and O–H groups in total. The number of rotatable bonds is 2. The van der Waals surface area contributed by atoms with Crippen LogP contribution < -0.4 is 0 Å². The second kappa shape index (κ2) is 7.80. The number of hydrogen-bond donors (Lipinski definition) is 4. The third kappa shape index (κ3) is 2.95. The summed E-state index contributed by atoms with van der Waals surface area (Å²) in [6, 6.07) is 0. The summed E-state index contributed by atoms with van der Waals surface area (Å²) in [4.78, 5) is 12.8. The minimum atomic E-state index is -0.907. The number of fused-ring (bicyclic) bond motifs is 7. The second-order valence-electron chi connectivity index (χ2n) is 14.5. The third-order valence-corrected chi connectivity index (χ3v) is 13.5. The molecule has 0 radical (unpaired) electrons. The zero-order valence-corrected chi connectivity index (χ0v) is 22.7. The lowest BCUT2D eigenvalue weighted by Crippen LogP contribution is -2.68. The van der Waals surface area contributed by atoms with Crippen molar-refractivity contribution in [3.05, 3.63) is 11.6 Å². The molecule has 4 fully saturated rings. The van der Waals surface area contributed by atoms with Crippen molar-refractivity contribution >= 4 is 5.97 Å². The molecule has 0 aromatic heterocycles. The number of carboxylic acid groups (broad SMARTS) is 1. The highest BCUT2D eigenvalue weighted by Gasteiger charge is 2.70. The standard InChI is InChI=1S/C30H48O5/c1-17-9-12-30(25(34)35)14-13-28(5)19(23(30)18(17)2)7-8-22-26(3)15-20(32)24(33)27(4,16-31)21(26)10-11-29(22,28)6/h7,17-18,20-24,31-33H,8-16H2,1-6H3,(H,34,35)/t17-,18+,20-,21+,22-,23+,24-,26+,27+,28-,29-,30+/m1/s1. The highest BCUT2D eigenvalue weighted by molar-refractivity contribution is 5.76. The van der Waals surface area contributed by atoms with Crippen molar-refractivity contribution < 1.29 is 25.2 Å². The summed E-state index contributed by atoms with van der Waals surface area (Å²) in [6.45, 7) is 13.6. The lowest BCUT2D eigenvalue weighted by molar-refractivity contribution is -0.244.